The van der Waals surface area contributed by atoms with Crippen molar-refractivity contribution in [3.63, 3.8) is 0 Å². The highest BCUT2D eigenvalue weighted by Gasteiger charge is 2.26. The van der Waals surface area contributed by atoms with E-state index in [-0.39, 0.29) is 24.5 Å². The summed E-state index contributed by atoms with van der Waals surface area (Å²) >= 11 is 0. The Bertz CT molecular complexity index is 832. The zero-order valence-corrected chi connectivity index (χ0v) is 15.3. The minimum absolute atomic E-state index is 0.00474. The lowest BCUT2D eigenvalue weighted by Crippen LogP contribution is -2.36. The topological polar surface area (TPSA) is 62.7 Å². The first kappa shape index (κ1) is 17.7. The first-order chi connectivity index (χ1) is 13.2. The lowest BCUT2D eigenvalue weighted by atomic mass is 10.1. The van der Waals surface area contributed by atoms with Gasteiger partial charge in [-0.2, -0.15) is 0 Å². The largest absolute Gasteiger partial charge is 0.378 e. The third kappa shape index (κ3) is 3.85. The van der Waals surface area contributed by atoms with E-state index in [4.69, 9.17) is 4.74 Å². The van der Waals surface area contributed by atoms with E-state index in [0.717, 1.165) is 44.1 Å². The molecule has 3 heterocycles. The summed E-state index contributed by atoms with van der Waals surface area (Å²) in [5.41, 5.74) is 3.86. The Kier molecular flexibility index (Phi) is 5.16. The normalized spacial score (nSPS) is 16.3. The number of hydrogen-bond donors (Lipinski definition) is 0. The Balaban J connectivity index is 1.43. The maximum absolute atomic E-state index is 12.8. The van der Waals surface area contributed by atoms with E-state index in [1.165, 1.54) is 5.56 Å². The molecule has 1 saturated heterocycles. The molecule has 1 amide bonds. The van der Waals surface area contributed by atoms with Gasteiger partial charge >= 0.3 is 0 Å². The summed E-state index contributed by atoms with van der Waals surface area (Å²) < 4.78 is 5.42. The molecule has 0 radical (unpaired) electrons. The molecule has 2 aliphatic heterocycles. The fourth-order valence-electron chi connectivity index (χ4n) is 3.67. The molecule has 0 spiro atoms. The van der Waals surface area contributed by atoms with Gasteiger partial charge in [0.15, 0.2) is 5.78 Å². The number of carbonyl (C=O) groups excluding carboxylic acids is 2. The van der Waals surface area contributed by atoms with Gasteiger partial charge in [-0.15, -0.1) is 0 Å². The molecular formula is C21H23N3O3. The smallest absolute Gasteiger partial charge is 0.227 e. The molecule has 0 N–H and O–H groups in total. The second-order valence-corrected chi connectivity index (χ2v) is 6.87. The van der Waals surface area contributed by atoms with E-state index in [9.17, 15) is 9.59 Å². The van der Waals surface area contributed by atoms with Crippen molar-refractivity contribution in [3.05, 3.63) is 53.9 Å². The number of amides is 1. The molecule has 1 aromatic heterocycles. The molecule has 6 nitrogen and oxygen atoms in total. The molecule has 2 aromatic rings. The Hall–Kier alpha value is -2.73. The summed E-state index contributed by atoms with van der Waals surface area (Å²) in [6, 6.07) is 9.82. The van der Waals surface area contributed by atoms with Crippen molar-refractivity contribution in [3.8, 4) is 0 Å². The Morgan fingerprint density at radius 3 is 2.70 bits per heavy atom. The molecule has 0 unspecified atom stereocenters. The summed E-state index contributed by atoms with van der Waals surface area (Å²) in [6.07, 6.45) is 4.47. The fourth-order valence-corrected chi connectivity index (χ4v) is 3.67. The van der Waals surface area contributed by atoms with Crippen molar-refractivity contribution in [1.82, 2.24) is 4.98 Å². The van der Waals surface area contributed by atoms with Gasteiger partial charge in [-0.05, 0) is 36.2 Å². The van der Waals surface area contributed by atoms with E-state index in [0.29, 0.717) is 12.1 Å². The molecule has 1 fully saturated rings. The van der Waals surface area contributed by atoms with Gasteiger partial charge in [0, 0.05) is 61.8 Å². The first-order valence-corrected chi connectivity index (χ1v) is 9.41. The highest BCUT2D eigenvalue weighted by atomic mass is 16.5. The molecule has 0 saturated carbocycles. The molecule has 4 rings (SSSR count). The number of ketones is 1. The third-order valence-electron chi connectivity index (χ3n) is 5.19. The SMILES string of the molecule is O=C(CCC(=O)N1CCc2ccc(N3CCOCC3)cc21)c1cccnc1. The van der Waals surface area contributed by atoms with Crippen molar-refractivity contribution in [1.29, 1.82) is 0 Å². The Labute approximate surface area is 158 Å². The standard InChI is InChI=1S/C21H23N3O3/c25-20(17-2-1-8-22-15-17)5-6-21(26)24-9-7-16-3-4-18(14-19(16)24)23-10-12-27-13-11-23/h1-4,8,14-15H,5-7,9-13H2. The predicted octanol–water partition coefficient (Wildman–Crippen LogP) is 2.47. The molecule has 1 aromatic carbocycles. The van der Waals surface area contributed by atoms with Crippen LogP contribution in [0.4, 0.5) is 11.4 Å². The lowest BCUT2D eigenvalue weighted by molar-refractivity contribution is -0.118. The van der Waals surface area contributed by atoms with Crippen molar-refractivity contribution in [2.45, 2.75) is 19.3 Å². The van der Waals surface area contributed by atoms with E-state index >= 15 is 0 Å². The van der Waals surface area contributed by atoms with Crippen molar-refractivity contribution < 1.29 is 14.3 Å². The van der Waals surface area contributed by atoms with Crippen LogP contribution in [0.25, 0.3) is 0 Å². The van der Waals surface area contributed by atoms with E-state index in [1.807, 2.05) is 4.90 Å². The van der Waals surface area contributed by atoms with Gasteiger partial charge in [0.25, 0.3) is 0 Å². The van der Waals surface area contributed by atoms with Crippen LogP contribution < -0.4 is 9.80 Å². The maximum atomic E-state index is 12.8. The first-order valence-electron chi connectivity index (χ1n) is 9.41. The molecular weight excluding hydrogens is 342 g/mol. The summed E-state index contributed by atoms with van der Waals surface area (Å²) in [7, 11) is 0. The summed E-state index contributed by atoms with van der Waals surface area (Å²) in [5.74, 6) is -0.0388. The van der Waals surface area contributed by atoms with Crippen LogP contribution in [0.5, 0.6) is 0 Å². The monoisotopic (exact) mass is 365 g/mol. The number of morpholine rings is 1. The highest BCUT2D eigenvalue weighted by molar-refractivity contribution is 6.01. The van der Waals surface area contributed by atoms with Gasteiger partial charge in [0.1, 0.15) is 0 Å². The minimum atomic E-state index is -0.0436. The number of ether oxygens (including phenoxy) is 1. The quantitative estimate of drug-likeness (QED) is 0.762. The van der Waals surface area contributed by atoms with Crippen LogP contribution in [0.1, 0.15) is 28.8 Å². The van der Waals surface area contributed by atoms with Gasteiger partial charge in [-0.3, -0.25) is 14.6 Å². The number of nitrogens with zero attached hydrogens (tertiary/aromatic N) is 3. The molecule has 0 atom stereocenters. The molecule has 0 aliphatic carbocycles. The third-order valence-corrected chi connectivity index (χ3v) is 5.19. The average Bonchev–Trinajstić information content (AvgIpc) is 3.16. The number of anilines is 2. The predicted molar refractivity (Wildman–Crippen MR) is 103 cm³/mol. The Morgan fingerprint density at radius 1 is 1.07 bits per heavy atom. The second kappa shape index (κ2) is 7.88. The van der Waals surface area contributed by atoms with Crippen LogP contribution in [-0.4, -0.2) is 49.5 Å². The second-order valence-electron chi connectivity index (χ2n) is 6.87. The van der Waals surface area contributed by atoms with Gasteiger partial charge in [0.2, 0.25) is 5.91 Å². The lowest BCUT2D eigenvalue weighted by Gasteiger charge is -2.29. The minimum Gasteiger partial charge on any atom is -0.378 e. The number of pyridine rings is 1. The number of rotatable bonds is 5. The van der Waals surface area contributed by atoms with Gasteiger partial charge < -0.3 is 14.5 Å². The van der Waals surface area contributed by atoms with E-state index in [1.54, 1.807) is 24.5 Å². The van der Waals surface area contributed by atoms with Crippen LogP contribution in [-0.2, 0) is 16.0 Å². The van der Waals surface area contributed by atoms with E-state index < -0.39 is 0 Å². The zero-order valence-electron chi connectivity index (χ0n) is 15.3. The van der Waals surface area contributed by atoms with Crippen LogP contribution in [0, 0.1) is 0 Å². The van der Waals surface area contributed by atoms with Crippen LogP contribution in [0.15, 0.2) is 42.7 Å². The number of Topliss-reactive ketones (excluding diaryl/α,β-unsaturated/α-hetero) is 1. The van der Waals surface area contributed by atoms with Gasteiger partial charge in [-0.25, -0.2) is 0 Å². The number of hydrogen-bond acceptors (Lipinski definition) is 5. The van der Waals surface area contributed by atoms with Crippen molar-refractivity contribution in [2.24, 2.45) is 0 Å². The van der Waals surface area contributed by atoms with Crippen molar-refractivity contribution >= 4 is 23.1 Å². The molecule has 27 heavy (non-hydrogen) atoms. The molecule has 0 bridgehead atoms. The molecule has 140 valence electrons. The number of carbonyl (C=O) groups is 2. The number of fused-ring (bicyclic) bond motifs is 1. The van der Waals surface area contributed by atoms with Crippen molar-refractivity contribution in [2.75, 3.05) is 42.6 Å². The highest BCUT2D eigenvalue weighted by Crippen LogP contribution is 2.33. The maximum Gasteiger partial charge on any atom is 0.227 e. The van der Waals surface area contributed by atoms with Crippen LogP contribution in [0.3, 0.4) is 0 Å². The van der Waals surface area contributed by atoms with Crippen LogP contribution >= 0.6 is 0 Å². The van der Waals surface area contributed by atoms with Gasteiger partial charge in [-0.1, -0.05) is 6.07 Å². The average molecular weight is 365 g/mol. The summed E-state index contributed by atoms with van der Waals surface area (Å²) in [6.45, 7) is 3.88. The number of benzene rings is 1. The fraction of sp³-hybridized carbons (Fsp3) is 0.381. The molecule has 2 aliphatic rings. The summed E-state index contributed by atoms with van der Waals surface area (Å²) in [5, 5.41) is 0. The summed E-state index contributed by atoms with van der Waals surface area (Å²) in [4.78, 5) is 33.1. The Morgan fingerprint density at radius 2 is 1.93 bits per heavy atom. The van der Waals surface area contributed by atoms with Gasteiger partial charge in [0.05, 0.1) is 13.2 Å². The van der Waals surface area contributed by atoms with Crippen LogP contribution in [0.2, 0.25) is 0 Å². The molecule has 6 heteroatoms. The van der Waals surface area contributed by atoms with E-state index in [2.05, 4.69) is 28.1 Å². The number of aromatic nitrogens is 1. The zero-order chi connectivity index (χ0) is 18.6.